The molecule has 2 heterocycles. The summed E-state index contributed by atoms with van der Waals surface area (Å²) in [5, 5.41) is 4.62. The molecule has 3 aromatic rings. The van der Waals surface area contributed by atoms with E-state index in [0.717, 1.165) is 61.2 Å². The highest BCUT2D eigenvalue weighted by Gasteiger charge is 2.26. The van der Waals surface area contributed by atoms with Crippen LogP contribution in [0, 0.1) is 6.92 Å². The third-order valence-electron chi connectivity index (χ3n) is 6.60. The van der Waals surface area contributed by atoms with Gasteiger partial charge in [0.2, 0.25) is 10.0 Å². The molecule has 2 aromatic carbocycles. The molecule has 4 rings (SSSR count). The van der Waals surface area contributed by atoms with Crippen LogP contribution in [0.4, 0.5) is 0 Å². The average Bonchev–Trinajstić information content (AvgIpc) is 3.23. The number of hydrogen-bond donors (Lipinski definition) is 1. The van der Waals surface area contributed by atoms with E-state index in [1.165, 1.54) is 5.69 Å². The largest absolute Gasteiger partial charge is 0.303 e. The van der Waals surface area contributed by atoms with Crippen molar-refractivity contribution in [1.29, 1.82) is 0 Å². The Bertz CT molecular complexity index is 1180. The summed E-state index contributed by atoms with van der Waals surface area (Å²) in [6, 6.07) is 18.6. The summed E-state index contributed by atoms with van der Waals surface area (Å²) in [5.41, 5.74) is 3.42. The van der Waals surface area contributed by atoms with Gasteiger partial charge < -0.3 is 4.90 Å². The van der Waals surface area contributed by atoms with Gasteiger partial charge in [0.25, 0.3) is 0 Å². The lowest BCUT2D eigenvalue weighted by Gasteiger charge is -2.33. The number of nitrogens with zero attached hydrogens (tertiary/aromatic N) is 3. The summed E-state index contributed by atoms with van der Waals surface area (Å²) in [6.07, 6.45) is 2.92. The number of nitrogens with one attached hydrogen (secondary N) is 1. The van der Waals surface area contributed by atoms with Gasteiger partial charge in [-0.25, -0.2) is 13.1 Å². The van der Waals surface area contributed by atoms with Gasteiger partial charge in [-0.05, 0) is 88.6 Å². The number of sulfonamides is 1. The summed E-state index contributed by atoms with van der Waals surface area (Å²) in [4.78, 5) is 2.74. The molecule has 1 N–H and O–H groups in total. The van der Waals surface area contributed by atoms with Crippen molar-refractivity contribution in [1.82, 2.24) is 19.4 Å². The molecule has 0 radical (unpaired) electrons. The van der Waals surface area contributed by atoms with Gasteiger partial charge in [-0.1, -0.05) is 46.3 Å². The second-order valence-corrected chi connectivity index (χ2v) is 11.6. The number of aryl methyl sites for hydroxylation is 2. The molecule has 0 amide bonds. The molecule has 0 saturated carbocycles. The van der Waals surface area contributed by atoms with Crippen molar-refractivity contribution in [2.45, 2.75) is 56.5 Å². The molecule has 9 heteroatoms. The Morgan fingerprint density at radius 1 is 1.09 bits per heavy atom. The third kappa shape index (κ3) is 7.17. The first-order chi connectivity index (χ1) is 16.4. The van der Waals surface area contributed by atoms with Gasteiger partial charge in [-0.15, -0.1) is 12.4 Å². The molecule has 1 atom stereocenters. The van der Waals surface area contributed by atoms with E-state index >= 15 is 0 Å². The van der Waals surface area contributed by atoms with E-state index in [2.05, 4.69) is 55.2 Å². The Kier molecular flexibility index (Phi) is 9.95. The number of aromatic nitrogens is 2. The topological polar surface area (TPSA) is 67.2 Å². The minimum atomic E-state index is -3.63. The van der Waals surface area contributed by atoms with Crippen molar-refractivity contribution in [3.8, 4) is 0 Å². The Morgan fingerprint density at radius 2 is 1.74 bits per heavy atom. The van der Waals surface area contributed by atoms with Crippen LogP contribution in [-0.2, 0) is 16.6 Å². The summed E-state index contributed by atoms with van der Waals surface area (Å²) < 4.78 is 32.1. The first-order valence-corrected chi connectivity index (χ1v) is 14.2. The molecular formula is C26H34BrClN4O2S. The molecule has 190 valence electrons. The highest BCUT2D eigenvalue weighted by atomic mass is 79.9. The first kappa shape index (κ1) is 27.9. The molecular weight excluding hydrogens is 548 g/mol. The summed E-state index contributed by atoms with van der Waals surface area (Å²) in [7, 11) is -3.63. The van der Waals surface area contributed by atoms with E-state index in [-0.39, 0.29) is 23.3 Å². The number of rotatable bonds is 9. The number of halogens is 2. The van der Waals surface area contributed by atoms with Crippen molar-refractivity contribution in [3.05, 3.63) is 82.1 Å². The maximum Gasteiger partial charge on any atom is 0.241 e. The predicted molar refractivity (Wildman–Crippen MR) is 147 cm³/mol. The Hall–Kier alpha value is -1.71. The van der Waals surface area contributed by atoms with E-state index < -0.39 is 10.0 Å². The lowest BCUT2D eigenvalue weighted by Crippen LogP contribution is -2.37. The fourth-order valence-corrected chi connectivity index (χ4v) is 6.28. The zero-order chi connectivity index (χ0) is 24.1. The first-order valence-electron chi connectivity index (χ1n) is 11.9. The van der Waals surface area contributed by atoms with Crippen molar-refractivity contribution < 1.29 is 8.42 Å². The smallest absolute Gasteiger partial charge is 0.241 e. The van der Waals surface area contributed by atoms with Crippen LogP contribution in [0.15, 0.2) is 70.0 Å². The lowest BCUT2D eigenvalue weighted by atomic mass is 9.92. The second kappa shape index (κ2) is 12.5. The quantitative estimate of drug-likeness (QED) is 0.353. The number of hydrogen-bond acceptors (Lipinski definition) is 4. The Balaban J connectivity index is 0.00000342. The molecule has 6 nitrogen and oxygen atoms in total. The van der Waals surface area contributed by atoms with E-state index in [9.17, 15) is 8.42 Å². The minimum Gasteiger partial charge on any atom is -0.303 e. The maximum absolute atomic E-state index is 13.1. The third-order valence-corrected chi connectivity index (χ3v) is 8.61. The van der Waals surface area contributed by atoms with Crippen LogP contribution in [-0.4, -0.2) is 42.7 Å². The molecule has 0 aliphatic carbocycles. The molecule has 1 saturated heterocycles. The maximum atomic E-state index is 13.1. The van der Waals surface area contributed by atoms with Crippen molar-refractivity contribution >= 4 is 38.4 Å². The van der Waals surface area contributed by atoms with E-state index in [0.29, 0.717) is 5.92 Å². The van der Waals surface area contributed by atoms with Gasteiger partial charge in [0.1, 0.15) is 0 Å². The molecule has 1 aliphatic heterocycles. The SMILES string of the molecule is CCn1nc(C)cc1C1CCN(CCC(NS(=O)(=O)c2ccc(Br)cc2)c2ccccc2)CC1.Cl. The van der Waals surface area contributed by atoms with Gasteiger partial charge in [-0.2, -0.15) is 5.10 Å². The molecule has 1 aliphatic rings. The molecule has 1 aromatic heterocycles. The van der Waals surface area contributed by atoms with Crippen LogP contribution >= 0.6 is 28.3 Å². The van der Waals surface area contributed by atoms with E-state index in [1.807, 2.05) is 30.3 Å². The normalized spacial score (nSPS) is 16.1. The Morgan fingerprint density at radius 3 is 2.37 bits per heavy atom. The zero-order valence-electron chi connectivity index (χ0n) is 20.2. The summed E-state index contributed by atoms with van der Waals surface area (Å²) >= 11 is 3.37. The standard InChI is InChI=1S/C26H33BrN4O2S.ClH/c1-3-31-26(19-20(2)28-31)22-13-16-30(17-14-22)18-15-25(21-7-5-4-6-8-21)29-34(32,33)24-11-9-23(27)10-12-24;/h4-12,19,22,25,29H,3,13-18H2,1-2H3;1H. The minimum absolute atomic E-state index is 0. The average molecular weight is 582 g/mol. The molecule has 35 heavy (non-hydrogen) atoms. The van der Waals surface area contributed by atoms with Crippen molar-refractivity contribution in [2.24, 2.45) is 0 Å². The van der Waals surface area contributed by atoms with E-state index in [1.54, 1.807) is 24.3 Å². The van der Waals surface area contributed by atoms with Crippen molar-refractivity contribution in [2.75, 3.05) is 19.6 Å². The molecule has 1 unspecified atom stereocenters. The van der Waals surface area contributed by atoms with Gasteiger partial charge in [0.15, 0.2) is 0 Å². The Labute approximate surface area is 223 Å². The number of piperidine rings is 1. The fourth-order valence-electron chi connectivity index (χ4n) is 4.76. The monoisotopic (exact) mass is 580 g/mol. The van der Waals surface area contributed by atoms with Crippen molar-refractivity contribution in [3.63, 3.8) is 0 Å². The second-order valence-electron chi connectivity index (χ2n) is 8.97. The van der Waals surface area contributed by atoms with E-state index in [4.69, 9.17) is 0 Å². The number of likely N-dealkylation sites (tertiary alicyclic amines) is 1. The van der Waals surface area contributed by atoms with Crippen LogP contribution in [0.5, 0.6) is 0 Å². The van der Waals surface area contributed by atoms with Gasteiger partial charge >= 0.3 is 0 Å². The highest BCUT2D eigenvalue weighted by molar-refractivity contribution is 9.10. The molecule has 0 bridgehead atoms. The van der Waals surface area contributed by atoms with Gasteiger partial charge in [0.05, 0.1) is 10.6 Å². The van der Waals surface area contributed by atoms with Crippen LogP contribution in [0.1, 0.15) is 55.1 Å². The van der Waals surface area contributed by atoms with Gasteiger partial charge in [-0.3, -0.25) is 4.68 Å². The van der Waals surface area contributed by atoms with Crippen LogP contribution in [0.25, 0.3) is 0 Å². The van der Waals surface area contributed by atoms with Crippen LogP contribution < -0.4 is 4.72 Å². The summed E-state index contributed by atoms with van der Waals surface area (Å²) in [5.74, 6) is 0.540. The zero-order valence-corrected chi connectivity index (χ0v) is 23.4. The predicted octanol–water partition coefficient (Wildman–Crippen LogP) is 5.69. The summed E-state index contributed by atoms with van der Waals surface area (Å²) in [6.45, 7) is 7.98. The van der Waals surface area contributed by atoms with Crippen LogP contribution in [0.3, 0.4) is 0 Å². The molecule has 1 fully saturated rings. The fraction of sp³-hybridized carbons (Fsp3) is 0.423. The lowest BCUT2D eigenvalue weighted by molar-refractivity contribution is 0.201. The molecule has 0 spiro atoms. The van der Waals surface area contributed by atoms with Gasteiger partial charge in [0, 0.05) is 28.7 Å². The van der Waals surface area contributed by atoms with Crippen LogP contribution in [0.2, 0.25) is 0 Å². The number of benzene rings is 2. The highest BCUT2D eigenvalue weighted by Crippen LogP contribution is 2.29.